The van der Waals surface area contributed by atoms with E-state index in [1.54, 1.807) is 6.20 Å². The standard InChI is InChI=1S/C25H24F2N6O4/c1-14(2)21-20(31-25(35)37-12-15-7-5-4-6-8-15)11-33-22(21)23(28-13-29-33)30-19-9-16(24(34)32-36-3)17(26)10-18(19)27/h4-11,13-14H,12H2,1-3H3,(H,31,35)(H,32,34)(H,28,29,30). The highest BCUT2D eigenvalue weighted by atomic mass is 19.1. The van der Waals surface area contributed by atoms with Gasteiger partial charge in [0, 0.05) is 11.6 Å². The fraction of sp³-hybridized carbons (Fsp3) is 0.200. The molecule has 0 unspecified atom stereocenters. The molecule has 2 aromatic heterocycles. The van der Waals surface area contributed by atoms with Gasteiger partial charge in [0.15, 0.2) is 5.82 Å². The average Bonchev–Trinajstić information content (AvgIpc) is 3.24. The van der Waals surface area contributed by atoms with Crippen LogP contribution in [0.25, 0.3) is 5.52 Å². The fourth-order valence-electron chi connectivity index (χ4n) is 3.77. The lowest BCUT2D eigenvalue weighted by atomic mass is 10.0. The van der Waals surface area contributed by atoms with Crippen LogP contribution in [-0.2, 0) is 16.2 Å². The first kappa shape index (κ1) is 25.5. The predicted octanol–water partition coefficient (Wildman–Crippen LogP) is 4.91. The molecule has 0 aliphatic rings. The summed E-state index contributed by atoms with van der Waals surface area (Å²) < 4.78 is 35.6. The lowest BCUT2D eigenvalue weighted by Gasteiger charge is -2.14. The number of hydrogen-bond donors (Lipinski definition) is 3. The minimum Gasteiger partial charge on any atom is -0.444 e. The second kappa shape index (κ2) is 11.0. The largest absolute Gasteiger partial charge is 0.444 e. The number of hydrogen-bond acceptors (Lipinski definition) is 7. The third kappa shape index (κ3) is 5.64. The average molecular weight is 511 g/mol. The summed E-state index contributed by atoms with van der Waals surface area (Å²) in [5.74, 6) is -2.84. The summed E-state index contributed by atoms with van der Waals surface area (Å²) in [6, 6.07) is 10.8. The van der Waals surface area contributed by atoms with Gasteiger partial charge in [0.25, 0.3) is 5.91 Å². The van der Waals surface area contributed by atoms with Gasteiger partial charge in [-0.3, -0.25) is 14.9 Å². The van der Waals surface area contributed by atoms with Crippen molar-refractivity contribution in [1.29, 1.82) is 0 Å². The van der Waals surface area contributed by atoms with Gasteiger partial charge in [-0.2, -0.15) is 5.10 Å². The Balaban J connectivity index is 1.66. The Morgan fingerprint density at radius 1 is 1.08 bits per heavy atom. The first-order valence-corrected chi connectivity index (χ1v) is 11.2. The van der Waals surface area contributed by atoms with Crippen molar-refractivity contribution in [3.8, 4) is 0 Å². The SMILES string of the molecule is CONC(=O)c1cc(Nc2ncnn3cc(NC(=O)OCc4ccccc4)c(C(C)C)c23)c(F)cc1F. The van der Waals surface area contributed by atoms with Crippen LogP contribution in [0.2, 0.25) is 0 Å². The number of nitrogens with zero attached hydrogens (tertiary/aromatic N) is 3. The molecule has 2 amide bonds. The molecule has 2 aromatic carbocycles. The summed E-state index contributed by atoms with van der Waals surface area (Å²) in [7, 11) is 1.19. The van der Waals surface area contributed by atoms with Crippen LogP contribution in [0.1, 0.15) is 41.3 Å². The van der Waals surface area contributed by atoms with Crippen LogP contribution in [0.3, 0.4) is 0 Å². The van der Waals surface area contributed by atoms with Crippen molar-refractivity contribution >= 4 is 34.7 Å². The third-order valence-electron chi connectivity index (χ3n) is 5.39. The van der Waals surface area contributed by atoms with Gasteiger partial charge in [0.2, 0.25) is 0 Å². The van der Waals surface area contributed by atoms with Gasteiger partial charge in [0.1, 0.15) is 30.1 Å². The molecule has 0 atom stereocenters. The highest BCUT2D eigenvalue weighted by molar-refractivity contribution is 5.95. The number of nitrogens with one attached hydrogen (secondary N) is 3. The van der Waals surface area contributed by atoms with Gasteiger partial charge in [-0.25, -0.2) is 28.6 Å². The summed E-state index contributed by atoms with van der Waals surface area (Å²) in [5, 5.41) is 9.74. The van der Waals surface area contributed by atoms with E-state index in [-0.39, 0.29) is 24.0 Å². The van der Waals surface area contributed by atoms with E-state index in [0.29, 0.717) is 22.8 Å². The first-order chi connectivity index (χ1) is 17.8. The number of benzene rings is 2. The molecular weight excluding hydrogens is 486 g/mol. The maximum atomic E-state index is 14.6. The number of anilines is 3. The zero-order valence-electron chi connectivity index (χ0n) is 20.2. The Hall–Kier alpha value is -4.58. The van der Waals surface area contributed by atoms with Crippen molar-refractivity contribution in [3.63, 3.8) is 0 Å². The number of aromatic nitrogens is 3. The topological polar surface area (TPSA) is 119 Å². The number of halogens is 2. The number of carbonyl (C=O) groups excluding carboxylic acids is 2. The molecule has 0 radical (unpaired) electrons. The van der Waals surface area contributed by atoms with Crippen LogP contribution in [0.15, 0.2) is 55.0 Å². The van der Waals surface area contributed by atoms with Gasteiger partial charge in [-0.05, 0) is 17.5 Å². The number of rotatable bonds is 8. The van der Waals surface area contributed by atoms with E-state index >= 15 is 0 Å². The molecule has 10 nitrogen and oxygen atoms in total. The molecule has 192 valence electrons. The minimum atomic E-state index is -1.06. The highest BCUT2D eigenvalue weighted by Gasteiger charge is 2.22. The number of hydroxylamine groups is 1. The predicted molar refractivity (Wildman–Crippen MR) is 131 cm³/mol. The van der Waals surface area contributed by atoms with Gasteiger partial charge >= 0.3 is 6.09 Å². The van der Waals surface area contributed by atoms with E-state index in [2.05, 4.69) is 25.6 Å². The summed E-state index contributed by atoms with van der Waals surface area (Å²) in [5.41, 5.74) is 3.73. The van der Waals surface area contributed by atoms with Crippen LogP contribution >= 0.6 is 0 Å². The van der Waals surface area contributed by atoms with Crippen molar-refractivity contribution in [3.05, 3.63) is 83.3 Å². The van der Waals surface area contributed by atoms with E-state index in [9.17, 15) is 18.4 Å². The molecule has 0 bridgehead atoms. The molecule has 37 heavy (non-hydrogen) atoms. The first-order valence-electron chi connectivity index (χ1n) is 11.2. The Kier molecular flexibility index (Phi) is 7.58. The van der Waals surface area contributed by atoms with Gasteiger partial charge in [-0.1, -0.05) is 44.2 Å². The third-order valence-corrected chi connectivity index (χ3v) is 5.39. The normalized spacial score (nSPS) is 11.0. The maximum Gasteiger partial charge on any atom is 0.412 e. The van der Waals surface area contributed by atoms with Crippen molar-refractivity contribution in [2.24, 2.45) is 0 Å². The molecule has 0 saturated carbocycles. The second-order valence-electron chi connectivity index (χ2n) is 8.27. The van der Waals surface area contributed by atoms with Crippen molar-refractivity contribution in [2.45, 2.75) is 26.4 Å². The summed E-state index contributed by atoms with van der Waals surface area (Å²) in [4.78, 5) is 33.3. The van der Waals surface area contributed by atoms with Crippen LogP contribution < -0.4 is 16.1 Å². The highest BCUT2D eigenvalue weighted by Crippen LogP contribution is 2.35. The Labute approximate surface area is 210 Å². The minimum absolute atomic E-state index is 0.0898. The summed E-state index contributed by atoms with van der Waals surface area (Å²) in [6.45, 7) is 3.89. The Morgan fingerprint density at radius 2 is 1.84 bits per heavy atom. The number of carbonyl (C=O) groups is 2. The molecule has 0 aliphatic heterocycles. The van der Waals surface area contributed by atoms with Crippen molar-refractivity contribution in [1.82, 2.24) is 20.1 Å². The van der Waals surface area contributed by atoms with Crippen molar-refractivity contribution in [2.75, 3.05) is 17.7 Å². The molecule has 0 saturated heterocycles. The van der Waals surface area contributed by atoms with Crippen LogP contribution in [-0.4, -0.2) is 33.7 Å². The monoisotopic (exact) mass is 510 g/mol. The van der Waals surface area contributed by atoms with E-state index < -0.39 is 29.2 Å². The number of amides is 2. The van der Waals surface area contributed by atoms with Crippen LogP contribution in [0.5, 0.6) is 0 Å². The van der Waals surface area contributed by atoms with E-state index in [1.165, 1.54) is 18.0 Å². The van der Waals surface area contributed by atoms with Crippen molar-refractivity contribution < 1.29 is 27.9 Å². The summed E-state index contributed by atoms with van der Waals surface area (Å²) >= 11 is 0. The van der Waals surface area contributed by atoms with Gasteiger partial charge < -0.3 is 10.1 Å². The molecular formula is C25H24F2N6O4. The summed E-state index contributed by atoms with van der Waals surface area (Å²) in [6.07, 6.45) is 2.15. The second-order valence-corrected chi connectivity index (χ2v) is 8.27. The molecule has 12 heteroatoms. The molecule has 0 fully saturated rings. The quantitative estimate of drug-likeness (QED) is 0.288. The fourth-order valence-corrected chi connectivity index (χ4v) is 3.77. The molecule has 0 spiro atoms. The van der Waals surface area contributed by atoms with Crippen LogP contribution in [0.4, 0.5) is 30.8 Å². The smallest absolute Gasteiger partial charge is 0.412 e. The maximum absolute atomic E-state index is 14.6. The number of fused-ring (bicyclic) bond motifs is 1. The lowest BCUT2D eigenvalue weighted by Crippen LogP contribution is -2.23. The molecule has 0 aliphatic carbocycles. The Morgan fingerprint density at radius 3 is 2.54 bits per heavy atom. The lowest BCUT2D eigenvalue weighted by molar-refractivity contribution is 0.0533. The molecule has 4 aromatic rings. The Bertz CT molecular complexity index is 1440. The zero-order chi connectivity index (χ0) is 26.5. The van der Waals surface area contributed by atoms with Gasteiger partial charge in [-0.15, -0.1) is 0 Å². The van der Waals surface area contributed by atoms with E-state index in [4.69, 9.17) is 4.74 Å². The molecule has 4 rings (SSSR count). The zero-order valence-corrected chi connectivity index (χ0v) is 20.2. The van der Waals surface area contributed by atoms with Crippen LogP contribution in [0, 0.1) is 11.6 Å². The van der Waals surface area contributed by atoms with Gasteiger partial charge in [0.05, 0.1) is 30.2 Å². The number of ether oxygens (including phenoxy) is 1. The molecule has 2 heterocycles. The molecule has 3 N–H and O–H groups in total. The van der Waals surface area contributed by atoms with E-state index in [0.717, 1.165) is 11.6 Å². The van der Waals surface area contributed by atoms with E-state index in [1.807, 2.05) is 49.7 Å².